The van der Waals surface area contributed by atoms with Gasteiger partial charge in [-0.25, -0.2) is 0 Å². The van der Waals surface area contributed by atoms with Crippen molar-refractivity contribution >= 4 is 29.4 Å². The molecule has 2 unspecified atom stereocenters. The van der Waals surface area contributed by atoms with E-state index in [4.69, 9.17) is 16.7 Å². The van der Waals surface area contributed by atoms with E-state index in [0.717, 1.165) is 12.8 Å². The van der Waals surface area contributed by atoms with Gasteiger partial charge in [-0.1, -0.05) is 25.4 Å². The quantitative estimate of drug-likeness (QED) is 0.743. The van der Waals surface area contributed by atoms with Gasteiger partial charge < -0.3 is 15.3 Å². The first-order valence-electron chi connectivity index (χ1n) is 9.35. The van der Waals surface area contributed by atoms with E-state index in [1.54, 1.807) is 29.2 Å². The van der Waals surface area contributed by atoms with Crippen molar-refractivity contribution < 1.29 is 19.5 Å². The van der Waals surface area contributed by atoms with Crippen LogP contribution in [0, 0.1) is 11.8 Å². The van der Waals surface area contributed by atoms with E-state index in [-0.39, 0.29) is 30.1 Å². The summed E-state index contributed by atoms with van der Waals surface area (Å²) in [6.45, 7) is 4.99. The van der Waals surface area contributed by atoms with Crippen molar-refractivity contribution in [2.24, 2.45) is 11.8 Å². The molecule has 0 aliphatic carbocycles. The Hall–Kier alpha value is -2.08. The highest BCUT2D eigenvalue weighted by molar-refractivity contribution is 6.30. The summed E-state index contributed by atoms with van der Waals surface area (Å²) in [5.74, 6) is -1.09. The molecule has 148 valence electrons. The number of amides is 2. The standard InChI is InChI=1S/C20H27ClN2O4/c1-13(2)18(22-19(26)15-6-8-16(21)9-7-15)20(27)23-11-3-4-14(12-23)5-10-17(24)25/h6-9,13-14,18H,3-5,10-12H2,1-2H3,(H,22,26)(H,24,25). The number of hydrogen-bond acceptors (Lipinski definition) is 3. The predicted molar refractivity (Wildman–Crippen MR) is 104 cm³/mol. The maximum atomic E-state index is 13.0. The summed E-state index contributed by atoms with van der Waals surface area (Å²) in [5.41, 5.74) is 0.454. The van der Waals surface area contributed by atoms with Crippen molar-refractivity contribution in [3.05, 3.63) is 34.9 Å². The summed E-state index contributed by atoms with van der Waals surface area (Å²) in [6, 6.07) is 5.91. The number of carbonyl (C=O) groups is 3. The molecular formula is C20H27ClN2O4. The van der Waals surface area contributed by atoms with Gasteiger partial charge in [-0.05, 0) is 55.4 Å². The molecule has 2 amide bonds. The Bertz CT molecular complexity index is 675. The molecule has 0 bridgehead atoms. The molecular weight excluding hydrogens is 368 g/mol. The monoisotopic (exact) mass is 394 g/mol. The number of nitrogens with one attached hydrogen (secondary N) is 1. The maximum absolute atomic E-state index is 13.0. The van der Waals surface area contributed by atoms with Gasteiger partial charge in [0.1, 0.15) is 6.04 Å². The molecule has 1 aromatic rings. The predicted octanol–water partition coefficient (Wildman–Crippen LogP) is 3.20. The molecule has 7 heteroatoms. The average molecular weight is 395 g/mol. The fourth-order valence-corrected chi connectivity index (χ4v) is 3.49. The lowest BCUT2D eigenvalue weighted by Crippen LogP contribution is -2.53. The van der Waals surface area contributed by atoms with Crippen LogP contribution in [0.25, 0.3) is 0 Å². The Morgan fingerprint density at radius 3 is 2.52 bits per heavy atom. The zero-order valence-corrected chi connectivity index (χ0v) is 16.5. The van der Waals surface area contributed by atoms with Crippen LogP contribution in [0.2, 0.25) is 5.02 Å². The van der Waals surface area contributed by atoms with Gasteiger partial charge in [-0.2, -0.15) is 0 Å². The largest absolute Gasteiger partial charge is 0.481 e. The number of carbonyl (C=O) groups excluding carboxylic acids is 2. The van der Waals surface area contributed by atoms with E-state index in [2.05, 4.69) is 5.32 Å². The fourth-order valence-electron chi connectivity index (χ4n) is 3.36. The molecule has 1 aliphatic heterocycles. The SMILES string of the molecule is CC(C)C(NC(=O)c1ccc(Cl)cc1)C(=O)N1CCCC(CCC(=O)O)C1. The highest BCUT2D eigenvalue weighted by atomic mass is 35.5. The highest BCUT2D eigenvalue weighted by Crippen LogP contribution is 2.22. The molecule has 1 aliphatic rings. The minimum absolute atomic E-state index is 0.0619. The molecule has 2 rings (SSSR count). The highest BCUT2D eigenvalue weighted by Gasteiger charge is 2.32. The van der Waals surface area contributed by atoms with E-state index in [1.165, 1.54) is 0 Å². The van der Waals surface area contributed by atoms with Crippen LogP contribution >= 0.6 is 11.6 Å². The number of carboxylic acids is 1. The molecule has 2 N–H and O–H groups in total. The number of nitrogens with zero attached hydrogens (tertiary/aromatic N) is 1. The lowest BCUT2D eigenvalue weighted by atomic mass is 9.92. The number of hydrogen-bond donors (Lipinski definition) is 2. The van der Waals surface area contributed by atoms with Crippen LogP contribution in [0.3, 0.4) is 0 Å². The van der Waals surface area contributed by atoms with Crippen molar-refractivity contribution in [2.45, 2.75) is 45.6 Å². The van der Waals surface area contributed by atoms with Crippen molar-refractivity contribution in [1.29, 1.82) is 0 Å². The Balaban J connectivity index is 2.02. The molecule has 1 saturated heterocycles. The molecule has 2 atom stereocenters. The molecule has 1 heterocycles. The minimum atomic E-state index is -0.811. The van der Waals surface area contributed by atoms with Gasteiger partial charge in [0.2, 0.25) is 5.91 Å². The number of piperidine rings is 1. The van der Waals surface area contributed by atoms with Gasteiger partial charge in [0, 0.05) is 30.1 Å². The number of carboxylic acid groups (broad SMARTS) is 1. The van der Waals surface area contributed by atoms with Gasteiger partial charge in [0.25, 0.3) is 5.91 Å². The number of halogens is 1. The average Bonchev–Trinajstić information content (AvgIpc) is 2.64. The molecule has 0 saturated carbocycles. The Morgan fingerprint density at radius 1 is 1.26 bits per heavy atom. The van der Waals surface area contributed by atoms with Gasteiger partial charge in [-0.3, -0.25) is 14.4 Å². The lowest BCUT2D eigenvalue weighted by Gasteiger charge is -2.36. The summed E-state index contributed by atoms with van der Waals surface area (Å²) in [5, 5.41) is 12.3. The molecule has 1 aromatic carbocycles. The summed E-state index contributed by atoms with van der Waals surface area (Å²) >= 11 is 5.85. The van der Waals surface area contributed by atoms with E-state index < -0.39 is 12.0 Å². The van der Waals surface area contributed by atoms with E-state index in [1.807, 2.05) is 13.8 Å². The Kier molecular flexibility index (Phi) is 7.66. The van der Waals surface area contributed by atoms with Crippen LogP contribution in [0.15, 0.2) is 24.3 Å². The molecule has 27 heavy (non-hydrogen) atoms. The van der Waals surface area contributed by atoms with Crippen molar-refractivity contribution in [3.63, 3.8) is 0 Å². The Morgan fingerprint density at radius 2 is 1.93 bits per heavy atom. The van der Waals surface area contributed by atoms with E-state index in [9.17, 15) is 14.4 Å². The fraction of sp³-hybridized carbons (Fsp3) is 0.550. The molecule has 0 spiro atoms. The third-order valence-electron chi connectivity index (χ3n) is 4.92. The second kappa shape index (κ2) is 9.74. The zero-order chi connectivity index (χ0) is 20.0. The third-order valence-corrected chi connectivity index (χ3v) is 5.17. The van der Waals surface area contributed by atoms with Crippen molar-refractivity contribution in [2.75, 3.05) is 13.1 Å². The van der Waals surface area contributed by atoms with Crippen LogP contribution < -0.4 is 5.32 Å². The second-order valence-electron chi connectivity index (χ2n) is 7.43. The normalized spacial score (nSPS) is 18.2. The minimum Gasteiger partial charge on any atom is -0.481 e. The summed E-state index contributed by atoms with van der Waals surface area (Å²) in [4.78, 5) is 38.1. The molecule has 1 fully saturated rings. The number of rotatable bonds is 7. The van der Waals surface area contributed by atoms with E-state index in [0.29, 0.717) is 30.1 Å². The summed E-state index contributed by atoms with van der Waals surface area (Å²) in [7, 11) is 0. The van der Waals surface area contributed by atoms with Crippen LogP contribution in [0.4, 0.5) is 0 Å². The van der Waals surface area contributed by atoms with Gasteiger partial charge in [0.05, 0.1) is 0 Å². The molecule has 0 radical (unpaired) electrons. The molecule has 6 nitrogen and oxygen atoms in total. The van der Waals surface area contributed by atoms with E-state index >= 15 is 0 Å². The zero-order valence-electron chi connectivity index (χ0n) is 15.8. The number of aliphatic carboxylic acids is 1. The van der Waals surface area contributed by atoms with Crippen LogP contribution in [-0.2, 0) is 9.59 Å². The van der Waals surface area contributed by atoms with Crippen molar-refractivity contribution in [1.82, 2.24) is 10.2 Å². The second-order valence-corrected chi connectivity index (χ2v) is 7.86. The van der Waals surface area contributed by atoms with Gasteiger partial charge in [0.15, 0.2) is 0 Å². The third kappa shape index (κ3) is 6.24. The first-order valence-corrected chi connectivity index (χ1v) is 9.72. The van der Waals surface area contributed by atoms with Gasteiger partial charge in [-0.15, -0.1) is 0 Å². The van der Waals surface area contributed by atoms with Crippen molar-refractivity contribution in [3.8, 4) is 0 Å². The summed E-state index contributed by atoms with van der Waals surface area (Å²) in [6.07, 6.45) is 2.47. The lowest BCUT2D eigenvalue weighted by molar-refractivity contribution is -0.137. The van der Waals surface area contributed by atoms with Gasteiger partial charge >= 0.3 is 5.97 Å². The number of benzene rings is 1. The van der Waals surface area contributed by atoms with Crippen LogP contribution in [0.5, 0.6) is 0 Å². The summed E-state index contributed by atoms with van der Waals surface area (Å²) < 4.78 is 0. The maximum Gasteiger partial charge on any atom is 0.303 e. The first kappa shape index (κ1) is 21.2. The Labute approximate surface area is 164 Å². The smallest absolute Gasteiger partial charge is 0.303 e. The number of likely N-dealkylation sites (tertiary alicyclic amines) is 1. The van der Waals surface area contributed by atoms with Crippen LogP contribution in [0.1, 0.15) is 49.9 Å². The first-order chi connectivity index (χ1) is 12.8. The molecule has 0 aromatic heterocycles. The van der Waals surface area contributed by atoms with Crippen LogP contribution in [-0.4, -0.2) is 46.9 Å². The topological polar surface area (TPSA) is 86.7 Å².